The highest BCUT2D eigenvalue weighted by Crippen LogP contribution is 1.62. The molecule has 0 aromatic heterocycles. The lowest BCUT2D eigenvalue weighted by Crippen LogP contribution is -2.62. The molecule has 7 heavy (non-hydrogen) atoms. The summed E-state index contributed by atoms with van der Waals surface area (Å²) < 4.78 is 0. The molecule has 0 saturated heterocycles. The summed E-state index contributed by atoms with van der Waals surface area (Å²) in [6.07, 6.45) is 7.30. The summed E-state index contributed by atoms with van der Waals surface area (Å²) in [5.41, 5.74) is 0. The molecule has 0 aromatic rings. The van der Waals surface area contributed by atoms with Crippen molar-refractivity contribution in [3.8, 4) is 0 Å². The van der Waals surface area contributed by atoms with Crippen LogP contribution in [0.3, 0.4) is 0 Å². The molecule has 0 amide bonds. The van der Waals surface area contributed by atoms with Gasteiger partial charge in [-0.2, -0.15) is 0 Å². The molecule has 0 rings (SSSR count). The number of rotatable bonds is 2. The van der Waals surface area contributed by atoms with Crippen molar-refractivity contribution >= 4 is 6.21 Å². The number of hydrogen-bond donors (Lipinski definition) is 1. The van der Waals surface area contributed by atoms with E-state index >= 15 is 0 Å². The van der Waals surface area contributed by atoms with Crippen LogP contribution in [0.1, 0.15) is 0 Å². The molecule has 0 spiro atoms. The van der Waals surface area contributed by atoms with E-state index in [1.165, 1.54) is 0 Å². The van der Waals surface area contributed by atoms with Crippen LogP contribution in [-0.2, 0) is 0 Å². The van der Waals surface area contributed by atoms with Gasteiger partial charge in [0.25, 0.3) is 0 Å². The van der Waals surface area contributed by atoms with Crippen molar-refractivity contribution in [3.05, 3.63) is 24.8 Å². The van der Waals surface area contributed by atoms with E-state index in [1.807, 2.05) is 25.4 Å². The Bertz CT molecular complexity index is 90.4. The fourth-order valence-corrected chi connectivity index (χ4v) is 0.230. The molecular formula is C6H10N+. The predicted octanol–water partition coefficient (Wildman–Crippen LogP) is -0.490. The zero-order valence-corrected chi connectivity index (χ0v) is 4.52. The molecule has 0 radical (unpaired) electrons. The predicted molar refractivity (Wildman–Crippen MR) is 32.3 cm³/mol. The molecule has 1 nitrogen and oxygen atoms in total. The molecule has 0 atom stereocenters. The van der Waals surface area contributed by atoms with Crippen molar-refractivity contribution in [3.63, 3.8) is 0 Å². The normalized spacial score (nSPS) is 11.0. The Morgan fingerprint density at radius 1 is 1.43 bits per heavy atom. The molecule has 0 saturated carbocycles. The highest BCUT2D eigenvalue weighted by atomic mass is 14.6. The third kappa shape index (κ3) is 5.15. The summed E-state index contributed by atoms with van der Waals surface area (Å²) in [5, 5.41) is 0. The Kier molecular flexibility index (Phi) is 4.52. The molecule has 0 aromatic carbocycles. The monoisotopic (exact) mass is 96.1 g/mol. The van der Waals surface area contributed by atoms with Gasteiger partial charge in [-0.15, -0.1) is 0 Å². The van der Waals surface area contributed by atoms with E-state index in [2.05, 4.69) is 11.6 Å². The van der Waals surface area contributed by atoms with Gasteiger partial charge in [0.1, 0.15) is 7.05 Å². The van der Waals surface area contributed by atoms with Crippen LogP contribution >= 0.6 is 0 Å². The van der Waals surface area contributed by atoms with Gasteiger partial charge in [-0.1, -0.05) is 18.7 Å². The fraction of sp³-hybridized carbons (Fsp3) is 0.167. The average Bonchev–Trinajstić information content (AvgIpc) is 1.69. The van der Waals surface area contributed by atoms with Gasteiger partial charge in [0, 0.05) is 6.08 Å². The first-order valence-electron chi connectivity index (χ1n) is 2.20. The Morgan fingerprint density at radius 2 is 2.14 bits per heavy atom. The van der Waals surface area contributed by atoms with E-state index < -0.39 is 0 Å². The van der Waals surface area contributed by atoms with Crippen molar-refractivity contribution in [2.45, 2.75) is 0 Å². The van der Waals surface area contributed by atoms with Crippen LogP contribution < -0.4 is 4.99 Å². The molecular weight excluding hydrogens is 86.1 g/mol. The molecule has 1 heteroatoms. The first kappa shape index (κ1) is 6.15. The second-order valence-electron chi connectivity index (χ2n) is 1.08. The van der Waals surface area contributed by atoms with Crippen LogP contribution in [0.15, 0.2) is 24.8 Å². The van der Waals surface area contributed by atoms with Crippen molar-refractivity contribution in [2.24, 2.45) is 0 Å². The lowest BCUT2D eigenvalue weighted by molar-refractivity contribution is -0.413. The van der Waals surface area contributed by atoms with E-state index in [4.69, 9.17) is 0 Å². The topological polar surface area (TPSA) is 14.0 Å². The van der Waals surface area contributed by atoms with Crippen LogP contribution in [-0.4, -0.2) is 13.3 Å². The molecule has 0 heterocycles. The first-order valence-corrected chi connectivity index (χ1v) is 2.20. The zero-order valence-electron chi connectivity index (χ0n) is 4.52. The number of nitrogens with one attached hydrogen (secondary N) is 1. The molecule has 0 unspecified atom stereocenters. The van der Waals surface area contributed by atoms with Gasteiger partial charge in [0.15, 0.2) is 6.21 Å². The van der Waals surface area contributed by atoms with Gasteiger partial charge in [0.05, 0.1) is 0 Å². The van der Waals surface area contributed by atoms with E-state index in [1.54, 1.807) is 6.08 Å². The highest BCUT2D eigenvalue weighted by Gasteiger charge is 1.58. The highest BCUT2D eigenvalue weighted by molar-refractivity contribution is 5.65. The van der Waals surface area contributed by atoms with Crippen LogP contribution in [0.5, 0.6) is 0 Å². The molecule has 38 valence electrons. The zero-order chi connectivity index (χ0) is 5.54. The third-order valence-electron chi connectivity index (χ3n) is 0.510. The second-order valence-corrected chi connectivity index (χ2v) is 1.08. The van der Waals surface area contributed by atoms with Crippen LogP contribution in [0.25, 0.3) is 0 Å². The number of allylic oxidation sites excluding steroid dienone is 3. The average molecular weight is 96.2 g/mol. The molecule has 0 aliphatic rings. The minimum absolute atomic E-state index is 1.73. The van der Waals surface area contributed by atoms with E-state index in [-0.39, 0.29) is 0 Å². The molecule has 0 bridgehead atoms. The van der Waals surface area contributed by atoms with Gasteiger partial charge in [0.2, 0.25) is 0 Å². The largest absolute Gasteiger partial charge is 0.251 e. The number of hydrogen-bond acceptors (Lipinski definition) is 0. The SMILES string of the molecule is C=C/C=C\C=[NH+]C. The van der Waals surface area contributed by atoms with Gasteiger partial charge in [-0.25, -0.2) is 0 Å². The minimum atomic E-state index is 1.73. The van der Waals surface area contributed by atoms with Gasteiger partial charge in [-0.3, -0.25) is 4.99 Å². The van der Waals surface area contributed by atoms with Crippen molar-refractivity contribution in [1.82, 2.24) is 0 Å². The summed E-state index contributed by atoms with van der Waals surface area (Å²) >= 11 is 0. The lowest BCUT2D eigenvalue weighted by Gasteiger charge is -1.60. The van der Waals surface area contributed by atoms with Crippen LogP contribution in [0.4, 0.5) is 0 Å². The Hall–Kier alpha value is -0.850. The minimum Gasteiger partial charge on any atom is -0.251 e. The Labute approximate surface area is 44.1 Å². The van der Waals surface area contributed by atoms with Gasteiger partial charge >= 0.3 is 0 Å². The van der Waals surface area contributed by atoms with E-state index in [9.17, 15) is 0 Å². The summed E-state index contributed by atoms with van der Waals surface area (Å²) in [5.74, 6) is 0. The first-order chi connectivity index (χ1) is 3.41. The second kappa shape index (κ2) is 5.15. The quantitative estimate of drug-likeness (QED) is 0.352. The van der Waals surface area contributed by atoms with Crippen molar-refractivity contribution in [1.29, 1.82) is 0 Å². The van der Waals surface area contributed by atoms with Crippen LogP contribution in [0.2, 0.25) is 0 Å². The van der Waals surface area contributed by atoms with Gasteiger partial charge < -0.3 is 0 Å². The summed E-state index contributed by atoms with van der Waals surface area (Å²) in [6, 6.07) is 0. The molecule has 1 N–H and O–H groups in total. The summed E-state index contributed by atoms with van der Waals surface area (Å²) in [7, 11) is 1.85. The summed E-state index contributed by atoms with van der Waals surface area (Å²) in [4.78, 5) is 2.84. The Balaban J connectivity index is 3.27. The van der Waals surface area contributed by atoms with Crippen molar-refractivity contribution < 1.29 is 4.99 Å². The van der Waals surface area contributed by atoms with Crippen molar-refractivity contribution in [2.75, 3.05) is 7.05 Å². The maximum atomic E-state index is 3.50. The fourth-order valence-electron chi connectivity index (χ4n) is 0.230. The smallest absolute Gasteiger partial charge is 0.161 e. The van der Waals surface area contributed by atoms with Crippen LogP contribution in [0, 0.1) is 0 Å². The summed E-state index contributed by atoms with van der Waals surface area (Å²) in [6.45, 7) is 3.50. The van der Waals surface area contributed by atoms with E-state index in [0.29, 0.717) is 0 Å². The lowest BCUT2D eigenvalue weighted by atomic mass is 10.5. The van der Waals surface area contributed by atoms with E-state index in [0.717, 1.165) is 0 Å². The Morgan fingerprint density at radius 3 is 2.57 bits per heavy atom. The molecule has 0 aliphatic carbocycles. The molecule has 0 fully saturated rings. The molecule has 0 aliphatic heterocycles. The maximum absolute atomic E-state index is 3.50. The standard InChI is InChI=1S/C6H9N/c1-3-4-5-6-7-2/h3-6H,1H2,2H3/p+1/b5-4-,7-6?. The van der Waals surface area contributed by atoms with Gasteiger partial charge in [-0.05, 0) is 0 Å². The maximum Gasteiger partial charge on any atom is 0.161 e. The third-order valence-corrected chi connectivity index (χ3v) is 0.510.